The van der Waals surface area contributed by atoms with Gasteiger partial charge in [-0.25, -0.2) is 0 Å². The summed E-state index contributed by atoms with van der Waals surface area (Å²) >= 11 is 3.01. The van der Waals surface area contributed by atoms with Gasteiger partial charge in [-0.2, -0.15) is 0 Å². The van der Waals surface area contributed by atoms with Crippen molar-refractivity contribution in [1.29, 1.82) is 0 Å². The number of anilines is 1. The number of hydrogen-bond donors (Lipinski definition) is 1. The molecule has 4 fully saturated rings. The number of carbonyl (C=O) groups is 2. The van der Waals surface area contributed by atoms with Gasteiger partial charge in [-0.3, -0.25) is 19.2 Å². The van der Waals surface area contributed by atoms with E-state index < -0.39 is 28.5 Å². The number of Topliss-reactive ketones (excluding diaryl/α,β-unsaturated/α-hetero) is 1. The van der Waals surface area contributed by atoms with Crippen LogP contribution in [0, 0.1) is 34.0 Å². The van der Waals surface area contributed by atoms with Crippen LogP contribution in [0.2, 0.25) is 0 Å². The van der Waals surface area contributed by atoms with E-state index in [1.165, 1.54) is 11.8 Å². The minimum Gasteiger partial charge on any atom is -0.461 e. The van der Waals surface area contributed by atoms with E-state index in [0.717, 1.165) is 50.9 Å². The zero-order valence-corrected chi connectivity index (χ0v) is 29.6. The quantitative estimate of drug-likeness (QED) is 0.167. The van der Waals surface area contributed by atoms with Crippen molar-refractivity contribution in [2.75, 3.05) is 50.1 Å². The molecule has 3 saturated carbocycles. The summed E-state index contributed by atoms with van der Waals surface area (Å²) < 4.78 is 6.43. The summed E-state index contributed by atoms with van der Waals surface area (Å²) in [6, 6.07) is 0. The molecule has 0 aromatic heterocycles. The predicted octanol–water partition coefficient (Wildman–Crippen LogP) is 4.54. The lowest BCUT2D eigenvalue weighted by molar-refractivity contribution is -0.205. The fraction of sp³-hybridized carbons (Fsp3) is 0.771. The summed E-state index contributed by atoms with van der Waals surface area (Å²) in [6.45, 7) is 14.7. The molecule has 9 atom stereocenters. The lowest BCUT2D eigenvalue weighted by Crippen LogP contribution is -2.63. The van der Waals surface area contributed by atoms with Gasteiger partial charge in [0.15, 0.2) is 0 Å². The van der Waals surface area contributed by atoms with Gasteiger partial charge >= 0.3 is 5.97 Å². The Labute approximate surface area is 276 Å². The number of aliphatic hydroxyl groups is 1. The van der Waals surface area contributed by atoms with E-state index in [2.05, 4.69) is 32.3 Å². The molecule has 0 amide bonds. The molecule has 1 heterocycles. The van der Waals surface area contributed by atoms with Crippen LogP contribution in [0.3, 0.4) is 0 Å². The Morgan fingerprint density at radius 2 is 1.89 bits per heavy atom. The van der Waals surface area contributed by atoms with Crippen LogP contribution in [0.4, 0.5) is 5.69 Å². The third-order valence-corrected chi connectivity index (χ3v) is 14.6. The van der Waals surface area contributed by atoms with Crippen LogP contribution < -0.4 is 15.8 Å². The number of aliphatic hydroxyl groups excluding tert-OH is 1. The molecule has 3 aliphatic carbocycles. The fourth-order valence-corrected chi connectivity index (χ4v) is 11.6. The highest BCUT2D eigenvalue weighted by Crippen LogP contribution is 2.68. The predicted molar refractivity (Wildman–Crippen MR) is 183 cm³/mol. The van der Waals surface area contributed by atoms with E-state index >= 15 is 0 Å². The molecular weight excluding hydrogens is 609 g/mol. The third kappa shape index (κ3) is 5.99. The number of ketones is 1. The molecule has 1 N–H and O–H groups in total. The molecule has 10 heteroatoms. The number of esters is 1. The molecule has 4 aliphatic rings. The summed E-state index contributed by atoms with van der Waals surface area (Å²) in [5, 5.41) is 11.9. The molecular formula is C35H52N2O6S2. The molecule has 1 unspecified atom stereocenters. The molecule has 1 aliphatic heterocycles. The SMILES string of the molecule is C=C[C@]1(C)C[C@@H](OC(=O)CSC2CCCN(c3c(SCCN(C)C)c(=O)c3=O)C2)[C@]2(C)[C@H](C)CC[C@]3(CCC(=O)[C@H]32)[C@@H](C)[C@@H]1O. The molecule has 2 bridgehead atoms. The van der Waals surface area contributed by atoms with Crippen molar-refractivity contribution in [3.8, 4) is 0 Å². The highest BCUT2D eigenvalue weighted by Gasteiger charge is 2.68. The fourth-order valence-electron chi connectivity index (χ4n) is 9.27. The summed E-state index contributed by atoms with van der Waals surface area (Å²) in [5.74, 6) is 0.740. The molecule has 250 valence electrons. The molecule has 8 nitrogen and oxygen atoms in total. The van der Waals surface area contributed by atoms with Crippen LogP contribution in [-0.4, -0.2) is 84.5 Å². The van der Waals surface area contributed by atoms with E-state index in [9.17, 15) is 24.3 Å². The molecule has 1 saturated heterocycles. The highest BCUT2D eigenvalue weighted by molar-refractivity contribution is 8.00. The van der Waals surface area contributed by atoms with Gasteiger partial charge in [0.1, 0.15) is 17.6 Å². The standard InChI is InChI=1S/C35H52N2O6S2/c1-8-33(4)18-25(34(5)21(2)11-13-35(22(3)32(33)42)14-12-24(38)31(34)35)43-26(39)20-45-23-10-9-15-37(19-23)27-28(40)29(41)30(27)44-17-16-36(6)7/h8,21-23,25,31-32,42H,1,9-20H2,2-7H3/t21-,22+,23?,25-,31+,32+,33-,34+,35+/m1/s1. The number of piperidine rings is 1. The lowest BCUT2D eigenvalue weighted by Gasteiger charge is -2.61. The maximum Gasteiger partial charge on any atom is 0.316 e. The zero-order chi connectivity index (χ0) is 32.9. The zero-order valence-electron chi connectivity index (χ0n) is 27.9. The number of hydrogen-bond acceptors (Lipinski definition) is 10. The number of rotatable bonds is 10. The molecule has 0 radical (unpaired) electrons. The third-order valence-electron chi connectivity index (χ3n) is 12.3. The monoisotopic (exact) mass is 660 g/mol. The second-order valence-corrected chi connectivity index (χ2v) is 17.5. The van der Waals surface area contributed by atoms with Crippen molar-refractivity contribution in [2.24, 2.45) is 34.0 Å². The summed E-state index contributed by atoms with van der Waals surface area (Å²) in [4.78, 5) is 56.9. The van der Waals surface area contributed by atoms with Gasteiger partial charge in [-0.1, -0.05) is 33.8 Å². The largest absolute Gasteiger partial charge is 0.461 e. The Morgan fingerprint density at radius 1 is 1.16 bits per heavy atom. The van der Waals surface area contributed by atoms with Crippen molar-refractivity contribution in [3.05, 3.63) is 33.1 Å². The molecule has 1 aromatic rings. The first kappa shape index (κ1) is 34.7. The van der Waals surface area contributed by atoms with Gasteiger partial charge in [0.25, 0.3) is 5.43 Å². The van der Waals surface area contributed by atoms with Crippen molar-refractivity contribution in [3.63, 3.8) is 0 Å². The van der Waals surface area contributed by atoms with E-state index in [0.29, 0.717) is 30.0 Å². The molecule has 1 aromatic carbocycles. The average molecular weight is 661 g/mol. The Hall–Kier alpha value is -1.62. The number of thioether (sulfide) groups is 2. The van der Waals surface area contributed by atoms with Gasteiger partial charge in [-0.05, 0) is 69.9 Å². The van der Waals surface area contributed by atoms with Gasteiger partial charge in [0.2, 0.25) is 5.43 Å². The average Bonchev–Trinajstić information content (AvgIpc) is 3.37. The van der Waals surface area contributed by atoms with Crippen LogP contribution in [0.1, 0.15) is 72.6 Å². The molecule has 45 heavy (non-hydrogen) atoms. The van der Waals surface area contributed by atoms with Gasteiger partial charge in [0.05, 0.1) is 16.8 Å². The van der Waals surface area contributed by atoms with E-state index in [-0.39, 0.29) is 51.4 Å². The van der Waals surface area contributed by atoms with Crippen molar-refractivity contribution >= 4 is 41.0 Å². The van der Waals surface area contributed by atoms with Gasteiger partial charge < -0.3 is 19.6 Å². The molecule has 0 spiro atoms. The van der Waals surface area contributed by atoms with E-state index in [1.54, 1.807) is 11.8 Å². The maximum absolute atomic E-state index is 13.6. The van der Waals surface area contributed by atoms with Gasteiger partial charge in [-0.15, -0.1) is 30.1 Å². The minimum atomic E-state index is -0.688. The second-order valence-electron chi connectivity index (χ2n) is 15.1. The highest BCUT2D eigenvalue weighted by atomic mass is 32.2. The Bertz CT molecular complexity index is 1370. The smallest absolute Gasteiger partial charge is 0.316 e. The number of carbonyl (C=O) groups excluding carboxylic acids is 2. The van der Waals surface area contributed by atoms with E-state index in [1.807, 2.05) is 32.0 Å². The van der Waals surface area contributed by atoms with Crippen LogP contribution in [0.25, 0.3) is 0 Å². The first-order valence-electron chi connectivity index (χ1n) is 16.7. The van der Waals surface area contributed by atoms with Crippen molar-refractivity contribution in [1.82, 2.24) is 4.90 Å². The lowest BCUT2D eigenvalue weighted by atomic mass is 9.44. The second kappa shape index (κ2) is 13.1. The molecule has 5 rings (SSSR count). The number of ether oxygens (including phenoxy) is 1. The summed E-state index contributed by atoms with van der Waals surface area (Å²) in [5.41, 5.74) is -1.72. The Balaban J connectivity index is 1.30. The topological polar surface area (TPSA) is 104 Å². The Kier molecular flexibility index (Phi) is 10.1. The summed E-state index contributed by atoms with van der Waals surface area (Å²) in [7, 11) is 3.97. The van der Waals surface area contributed by atoms with Crippen molar-refractivity contribution < 1.29 is 19.4 Å². The van der Waals surface area contributed by atoms with Crippen LogP contribution in [-0.2, 0) is 14.3 Å². The van der Waals surface area contributed by atoms with Crippen molar-refractivity contribution in [2.45, 2.75) is 95.0 Å². The van der Waals surface area contributed by atoms with E-state index in [4.69, 9.17) is 4.74 Å². The first-order valence-corrected chi connectivity index (χ1v) is 18.7. The van der Waals surface area contributed by atoms with Crippen LogP contribution in [0.5, 0.6) is 0 Å². The Morgan fingerprint density at radius 3 is 2.58 bits per heavy atom. The minimum absolute atomic E-state index is 0.0647. The number of nitrogens with zero attached hydrogens (tertiary/aromatic N) is 2. The summed E-state index contributed by atoms with van der Waals surface area (Å²) in [6.07, 6.45) is 5.98. The normalized spacial score (nSPS) is 38.6. The van der Waals surface area contributed by atoms with Gasteiger partial charge in [0, 0.05) is 53.8 Å². The van der Waals surface area contributed by atoms with Crippen LogP contribution in [0.15, 0.2) is 27.1 Å². The first-order chi connectivity index (χ1) is 21.2. The van der Waals surface area contributed by atoms with Crippen LogP contribution >= 0.6 is 23.5 Å². The maximum atomic E-state index is 13.6.